The minimum absolute atomic E-state index is 0.117. The highest BCUT2D eigenvalue weighted by atomic mass is 32.2. The zero-order chi connectivity index (χ0) is 13.8. The minimum Gasteiger partial charge on any atom is -0.478 e. The van der Waals surface area contributed by atoms with Gasteiger partial charge in [0, 0.05) is 13.6 Å². The Morgan fingerprint density at radius 2 is 1.89 bits per heavy atom. The summed E-state index contributed by atoms with van der Waals surface area (Å²) in [4.78, 5) is 10.7. The molecule has 0 saturated carbocycles. The number of benzene rings is 1. The van der Waals surface area contributed by atoms with Crippen molar-refractivity contribution in [2.75, 3.05) is 17.9 Å². The van der Waals surface area contributed by atoms with Gasteiger partial charge in [-0.1, -0.05) is 6.92 Å². The van der Waals surface area contributed by atoms with Gasteiger partial charge >= 0.3 is 16.2 Å². The molecule has 0 fully saturated rings. The Kier molecular flexibility index (Phi) is 4.69. The van der Waals surface area contributed by atoms with Gasteiger partial charge in [-0.15, -0.1) is 0 Å². The van der Waals surface area contributed by atoms with E-state index in [0.717, 1.165) is 4.31 Å². The van der Waals surface area contributed by atoms with Crippen molar-refractivity contribution in [2.24, 2.45) is 0 Å². The van der Waals surface area contributed by atoms with E-state index < -0.39 is 16.2 Å². The summed E-state index contributed by atoms with van der Waals surface area (Å²) in [6, 6.07) is 5.64. The zero-order valence-electron chi connectivity index (χ0n) is 10.3. The molecule has 0 spiro atoms. The molecule has 0 aliphatic carbocycles. The van der Waals surface area contributed by atoms with Gasteiger partial charge in [-0.25, -0.2) is 4.79 Å². The molecule has 100 valence electrons. The maximum Gasteiger partial charge on any atom is 0.335 e. The molecule has 7 heteroatoms. The van der Waals surface area contributed by atoms with Gasteiger partial charge in [-0.3, -0.25) is 4.31 Å². The lowest BCUT2D eigenvalue weighted by Crippen LogP contribution is -2.38. The SMILES string of the molecule is CCCNS(=O)(=O)N(C)c1ccc(C(=O)O)cc1. The molecule has 2 N–H and O–H groups in total. The molecule has 1 aromatic carbocycles. The number of anilines is 1. The molecule has 0 aromatic heterocycles. The van der Waals surface area contributed by atoms with Crippen LogP contribution in [-0.2, 0) is 10.2 Å². The van der Waals surface area contributed by atoms with Crippen LogP contribution in [0.25, 0.3) is 0 Å². The van der Waals surface area contributed by atoms with Crippen LogP contribution in [0, 0.1) is 0 Å². The smallest absolute Gasteiger partial charge is 0.335 e. The van der Waals surface area contributed by atoms with Crippen LogP contribution >= 0.6 is 0 Å². The second-order valence-corrected chi connectivity index (χ2v) is 5.51. The fourth-order valence-electron chi connectivity index (χ4n) is 1.28. The van der Waals surface area contributed by atoms with Crippen molar-refractivity contribution >= 4 is 21.9 Å². The summed E-state index contributed by atoms with van der Waals surface area (Å²) in [6.07, 6.45) is 0.699. The Morgan fingerprint density at radius 1 is 1.33 bits per heavy atom. The van der Waals surface area contributed by atoms with Crippen molar-refractivity contribution in [1.82, 2.24) is 4.72 Å². The van der Waals surface area contributed by atoms with Gasteiger partial charge in [-0.05, 0) is 30.7 Å². The topological polar surface area (TPSA) is 86.7 Å². The van der Waals surface area contributed by atoms with E-state index in [-0.39, 0.29) is 5.56 Å². The zero-order valence-corrected chi connectivity index (χ0v) is 11.1. The number of carboxylic acids is 1. The van der Waals surface area contributed by atoms with Gasteiger partial charge < -0.3 is 5.11 Å². The molecular weight excluding hydrogens is 256 g/mol. The van der Waals surface area contributed by atoms with Gasteiger partial charge in [0.25, 0.3) is 0 Å². The lowest BCUT2D eigenvalue weighted by molar-refractivity contribution is 0.0697. The summed E-state index contributed by atoms with van der Waals surface area (Å²) in [5.74, 6) is -1.05. The summed E-state index contributed by atoms with van der Waals surface area (Å²) in [5.41, 5.74) is 0.523. The van der Waals surface area contributed by atoms with Crippen molar-refractivity contribution in [3.8, 4) is 0 Å². The monoisotopic (exact) mass is 272 g/mol. The number of carbonyl (C=O) groups is 1. The standard InChI is InChI=1S/C11H16N2O4S/c1-3-8-12-18(16,17)13(2)10-6-4-9(5-7-10)11(14)15/h4-7,12H,3,8H2,1-2H3,(H,14,15). The van der Waals surface area contributed by atoms with Gasteiger partial charge in [0.05, 0.1) is 11.3 Å². The molecule has 0 heterocycles. The second kappa shape index (κ2) is 5.83. The van der Waals surface area contributed by atoms with Crippen molar-refractivity contribution in [1.29, 1.82) is 0 Å². The number of carboxylic acid groups (broad SMARTS) is 1. The first kappa shape index (κ1) is 14.5. The third-order valence-corrected chi connectivity index (χ3v) is 3.87. The fraction of sp³-hybridized carbons (Fsp3) is 0.364. The molecular formula is C11H16N2O4S. The number of nitrogens with zero attached hydrogens (tertiary/aromatic N) is 1. The summed E-state index contributed by atoms with van der Waals surface area (Å²) in [5, 5.41) is 8.75. The van der Waals surface area contributed by atoms with E-state index in [0.29, 0.717) is 18.7 Å². The molecule has 0 atom stereocenters. The Labute approximate surface area is 106 Å². The molecule has 0 aliphatic heterocycles. The van der Waals surface area contributed by atoms with Crippen LogP contribution in [0.15, 0.2) is 24.3 Å². The Hall–Kier alpha value is -1.60. The third kappa shape index (κ3) is 3.44. The largest absolute Gasteiger partial charge is 0.478 e. The quantitative estimate of drug-likeness (QED) is 0.811. The molecule has 18 heavy (non-hydrogen) atoms. The van der Waals surface area contributed by atoms with Crippen LogP contribution in [-0.4, -0.2) is 33.1 Å². The Morgan fingerprint density at radius 3 is 2.33 bits per heavy atom. The highest BCUT2D eigenvalue weighted by Gasteiger charge is 2.17. The van der Waals surface area contributed by atoms with Crippen LogP contribution < -0.4 is 9.03 Å². The molecule has 0 radical (unpaired) electrons. The van der Waals surface area contributed by atoms with E-state index in [9.17, 15) is 13.2 Å². The lowest BCUT2D eigenvalue weighted by atomic mass is 10.2. The third-order valence-electron chi connectivity index (χ3n) is 2.37. The van der Waals surface area contributed by atoms with Crippen LogP contribution in [0.5, 0.6) is 0 Å². The maximum absolute atomic E-state index is 11.8. The van der Waals surface area contributed by atoms with E-state index in [1.807, 2.05) is 6.92 Å². The number of hydrogen-bond donors (Lipinski definition) is 2. The van der Waals surface area contributed by atoms with Gasteiger partial charge in [0.1, 0.15) is 0 Å². The van der Waals surface area contributed by atoms with Gasteiger partial charge in [-0.2, -0.15) is 13.1 Å². The minimum atomic E-state index is -3.57. The summed E-state index contributed by atoms with van der Waals surface area (Å²) < 4.78 is 27.1. The Balaban J connectivity index is 2.90. The first-order valence-electron chi connectivity index (χ1n) is 5.45. The molecule has 6 nitrogen and oxygen atoms in total. The maximum atomic E-state index is 11.8. The van der Waals surface area contributed by atoms with Crippen LogP contribution in [0.4, 0.5) is 5.69 Å². The predicted molar refractivity (Wildman–Crippen MR) is 69.0 cm³/mol. The Bertz CT molecular complexity index is 510. The lowest BCUT2D eigenvalue weighted by Gasteiger charge is -2.19. The molecule has 1 rings (SSSR count). The van der Waals surface area contributed by atoms with Crippen molar-refractivity contribution < 1.29 is 18.3 Å². The van der Waals surface area contributed by atoms with E-state index in [2.05, 4.69) is 4.72 Å². The van der Waals surface area contributed by atoms with Crippen molar-refractivity contribution in [3.63, 3.8) is 0 Å². The predicted octanol–water partition coefficient (Wildman–Crippen LogP) is 1.07. The number of hydrogen-bond acceptors (Lipinski definition) is 3. The summed E-state index contributed by atoms with van der Waals surface area (Å²) >= 11 is 0. The van der Waals surface area contributed by atoms with Gasteiger partial charge in [0.2, 0.25) is 0 Å². The molecule has 1 aromatic rings. The fourth-order valence-corrected chi connectivity index (χ4v) is 2.34. The van der Waals surface area contributed by atoms with E-state index in [1.165, 1.54) is 31.3 Å². The van der Waals surface area contributed by atoms with E-state index >= 15 is 0 Å². The molecule has 0 saturated heterocycles. The van der Waals surface area contributed by atoms with E-state index in [1.54, 1.807) is 0 Å². The van der Waals surface area contributed by atoms with Crippen LogP contribution in [0.1, 0.15) is 23.7 Å². The van der Waals surface area contributed by atoms with Crippen molar-refractivity contribution in [2.45, 2.75) is 13.3 Å². The molecule has 0 unspecified atom stereocenters. The first-order valence-corrected chi connectivity index (χ1v) is 6.89. The number of nitrogens with one attached hydrogen (secondary N) is 1. The second-order valence-electron chi connectivity index (χ2n) is 3.72. The van der Waals surface area contributed by atoms with E-state index in [4.69, 9.17) is 5.11 Å². The molecule has 0 amide bonds. The highest BCUT2D eigenvalue weighted by Crippen LogP contribution is 2.16. The average molecular weight is 272 g/mol. The molecule has 0 bridgehead atoms. The summed E-state index contributed by atoms with van der Waals surface area (Å²) in [6.45, 7) is 2.23. The highest BCUT2D eigenvalue weighted by molar-refractivity contribution is 7.90. The number of aromatic carboxylic acids is 1. The normalized spacial score (nSPS) is 11.2. The summed E-state index contributed by atoms with van der Waals surface area (Å²) in [7, 11) is -2.16. The van der Waals surface area contributed by atoms with Crippen LogP contribution in [0.3, 0.4) is 0 Å². The average Bonchev–Trinajstić information content (AvgIpc) is 2.35. The number of rotatable bonds is 6. The van der Waals surface area contributed by atoms with Gasteiger partial charge in [0.15, 0.2) is 0 Å². The molecule has 0 aliphatic rings. The van der Waals surface area contributed by atoms with Crippen LogP contribution in [0.2, 0.25) is 0 Å². The van der Waals surface area contributed by atoms with Crippen molar-refractivity contribution in [3.05, 3.63) is 29.8 Å². The first-order chi connectivity index (χ1) is 8.38.